The van der Waals surface area contributed by atoms with Gasteiger partial charge in [-0.2, -0.15) is 0 Å². The number of aromatic hydroxyl groups is 1. The van der Waals surface area contributed by atoms with Gasteiger partial charge >= 0.3 is 0 Å². The molecule has 1 unspecified atom stereocenters. The van der Waals surface area contributed by atoms with E-state index in [1.165, 1.54) is 42.3 Å². The second kappa shape index (κ2) is 10.00. The number of benzene rings is 3. The van der Waals surface area contributed by atoms with Crippen LogP contribution in [0.2, 0.25) is 10.0 Å². The van der Waals surface area contributed by atoms with Crippen molar-refractivity contribution in [2.45, 2.75) is 13.0 Å². The van der Waals surface area contributed by atoms with Crippen LogP contribution in [-0.4, -0.2) is 42.4 Å². The van der Waals surface area contributed by atoms with Gasteiger partial charge in [0.1, 0.15) is 5.76 Å². The minimum atomic E-state index is -1.10. The van der Waals surface area contributed by atoms with Gasteiger partial charge in [-0.25, -0.2) is 0 Å². The van der Waals surface area contributed by atoms with Crippen molar-refractivity contribution in [3.63, 3.8) is 0 Å². The number of hydrogen-bond acceptors (Lipinski definition) is 8. The number of nitrogens with zero attached hydrogens (tertiary/aromatic N) is 1. The Hall–Kier alpha value is -4.08. The molecule has 1 saturated heterocycles. The molecule has 0 saturated carbocycles. The van der Waals surface area contributed by atoms with Crippen molar-refractivity contribution in [3.8, 4) is 28.7 Å². The zero-order valence-electron chi connectivity index (χ0n) is 20.2. The summed E-state index contributed by atoms with van der Waals surface area (Å²) in [7, 11) is 1.39. The van der Waals surface area contributed by atoms with Gasteiger partial charge in [-0.1, -0.05) is 29.3 Å². The van der Waals surface area contributed by atoms with Crippen molar-refractivity contribution >= 4 is 46.3 Å². The lowest BCUT2D eigenvalue weighted by Crippen LogP contribution is -2.29. The van der Waals surface area contributed by atoms with E-state index < -0.39 is 23.5 Å². The highest BCUT2D eigenvalue weighted by molar-refractivity contribution is 6.51. The summed E-state index contributed by atoms with van der Waals surface area (Å²) in [6, 6.07) is 10.9. The molecule has 0 aromatic heterocycles. The maximum atomic E-state index is 13.5. The zero-order chi connectivity index (χ0) is 27.1. The number of halogens is 2. The Bertz CT molecular complexity index is 1480. The lowest BCUT2D eigenvalue weighted by molar-refractivity contribution is -0.132. The molecule has 11 heteroatoms. The van der Waals surface area contributed by atoms with Gasteiger partial charge in [0.2, 0.25) is 6.79 Å². The standard InChI is InChI=1S/C27H21Cl2NO8/c1-3-36-20-10-13(4-6-18(20)31)23-22(24(32)14-8-16(28)26(35-2)17(29)9-14)25(33)27(34)30(23)15-5-7-19-21(11-15)38-12-37-19/h4-11,23,31-32H,3,12H2,1-2H3/b24-22+. The van der Waals surface area contributed by atoms with E-state index in [0.29, 0.717) is 22.7 Å². The largest absolute Gasteiger partial charge is 0.507 e. The SMILES string of the molecule is CCOc1cc(C2/C(=C(\O)c3cc(Cl)c(OC)c(Cl)c3)C(=O)C(=O)N2c2ccc3c(c2)OCO3)ccc1O. The summed E-state index contributed by atoms with van der Waals surface area (Å²) in [6.45, 7) is 2.04. The summed E-state index contributed by atoms with van der Waals surface area (Å²) >= 11 is 12.6. The smallest absolute Gasteiger partial charge is 0.300 e. The van der Waals surface area contributed by atoms with Gasteiger partial charge in [0.05, 0.1) is 35.4 Å². The minimum absolute atomic E-state index is 0.0235. The fraction of sp³-hybridized carbons (Fsp3) is 0.185. The van der Waals surface area contributed by atoms with Crippen molar-refractivity contribution in [1.82, 2.24) is 0 Å². The quantitative estimate of drug-likeness (QED) is 0.233. The number of ether oxygens (including phenoxy) is 4. The van der Waals surface area contributed by atoms with Crippen LogP contribution in [0.3, 0.4) is 0 Å². The molecule has 5 rings (SSSR count). The number of fused-ring (bicyclic) bond motifs is 1. The summed E-state index contributed by atoms with van der Waals surface area (Å²) in [5.74, 6) is -1.19. The number of amides is 1. The van der Waals surface area contributed by atoms with Crippen molar-refractivity contribution < 1.29 is 38.7 Å². The fourth-order valence-corrected chi connectivity index (χ4v) is 5.11. The number of ketones is 1. The van der Waals surface area contributed by atoms with Crippen LogP contribution in [0.5, 0.6) is 28.7 Å². The van der Waals surface area contributed by atoms with E-state index in [1.54, 1.807) is 25.1 Å². The number of Topliss-reactive ketones (excluding diaryl/α,β-unsaturated/α-hetero) is 1. The number of anilines is 1. The van der Waals surface area contributed by atoms with E-state index in [9.17, 15) is 19.8 Å². The first-order valence-electron chi connectivity index (χ1n) is 11.4. The molecule has 3 aromatic carbocycles. The summed E-state index contributed by atoms with van der Waals surface area (Å²) in [6.07, 6.45) is 0. The molecule has 9 nitrogen and oxygen atoms in total. The maximum absolute atomic E-state index is 13.5. The van der Waals surface area contributed by atoms with Gasteiger partial charge in [0.15, 0.2) is 28.7 Å². The van der Waals surface area contributed by atoms with E-state index in [2.05, 4.69) is 0 Å². The van der Waals surface area contributed by atoms with Gasteiger partial charge < -0.3 is 29.2 Å². The maximum Gasteiger partial charge on any atom is 0.300 e. The number of hydrogen-bond donors (Lipinski definition) is 2. The number of phenolic OH excluding ortho intramolecular Hbond substituents is 1. The van der Waals surface area contributed by atoms with Gasteiger partial charge in [0.25, 0.3) is 11.7 Å². The van der Waals surface area contributed by atoms with E-state index in [1.807, 2.05) is 0 Å². The summed E-state index contributed by atoms with van der Waals surface area (Å²) in [4.78, 5) is 28.2. The van der Waals surface area contributed by atoms with Crippen LogP contribution in [0.25, 0.3) is 5.76 Å². The third kappa shape index (κ3) is 4.23. The van der Waals surface area contributed by atoms with E-state index in [-0.39, 0.29) is 51.8 Å². The Morgan fingerprint density at radius 3 is 2.45 bits per heavy atom. The Balaban J connectivity index is 1.73. The van der Waals surface area contributed by atoms with Gasteiger partial charge in [-0.3, -0.25) is 14.5 Å². The zero-order valence-corrected chi connectivity index (χ0v) is 21.7. The predicted molar refractivity (Wildman–Crippen MR) is 140 cm³/mol. The highest BCUT2D eigenvalue weighted by Gasteiger charge is 2.47. The van der Waals surface area contributed by atoms with Crippen LogP contribution >= 0.6 is 23.2 Å². The second-order valence-corrected chi connectivity index (χ2v) is 9.15. The van der Waals surface area contributed by atoms with E-state index in [4.69, 9.17) is 42.1 Å². The van der Waals surface area contributed by atoms with Crippen molar-refractivity contribution in [2.24, 2.45) is 0 Å². The number of phenols is 1. The molecule has 2 aliphatic rings. The number of aliphatic hydroxyl groups excluding tert-OH is 1. The van der Waals surface area contributed by atoms with Crippen molar-refractivity contribution in [1.29, 1.82) is 0 Å². The summed E-state index contributed by atoms with van der Waals surface area (Å²) < 4.78 is 21.5. The minimum Gasteiger partial charge on any atom is -0.507 e. The number of carbonyl (C=O) groups is 2. The molecule has 0 bridgehead atoms. The fourth-order valence-electron chi connectivity index (χ4n) is 4.47. The van der Waals surface area contributed by atoms with Crippen LogP contribution in [0.4, 0.5) is 5.69 Å². The van der Waals surface area contributed by atoms with Gasteiger partial charge in [0, 0.05) is 17.3 Å². The average Bonchev–Trinajstić information content (AvgIpc) is 3.46. The molecular weight excluding hydrogens is 537 g/mol. The molecule has 196 valence electrons. The molecule has 0 spiro atoms. The normalized spacial score (nSPS) is 17.7. The van der Waals surface area contributed by atoms with Crippen molar-refractivity contribution in [3.05, 3.63) is 75.3 Å². The lowest BCUT2D eigenvalue weighted by atomic mass is 9.94. The molecule has 3 aromatic rings. The first kappa shape index (κ1) is 25.6. The second-order valence-electron chi connectivity index (χ2n) is 8.34. The topological polar surface area (TPSA) is 115 Å². The van der Waals surface area contributed by atoms with E-state index >= 15 is 0 Å². The van der Waals surface area contributed by atoms with Gasteiger partial charge in [-0.15, -0.1) is 0 Å². The number of carbonyl (C=O) groups excluding carboxylic acids is 2. The Morgan fingerprint density at radius 1 is 1.05 bits per heavy atom. The molecule has 38 heavy (non-hydrogen) atoms. The predicted octanol–water partition coefficient (Wildman–Crippen LogP) is 5.46. The first-order valence-corrected chi connectivity index (χ1v) is 12.2. The molecule has 0 aliphatic carbocycles. The highest BCUT2D eigenvalue weighted by Crippen LogP contribution is 2.47. The van der Waals surface area contributed by atoms with Crippen LogP contribution in [0, 0.1) is 0 Å². The summed E-state index contributed by atoms with van der Waals surface area (Å²) in [5.41, 5.74) is 0.629. The number of methoxy groups -OCH3 is 1. The molecular formula is C27H21Cl2NO8. The average molecular weight is 558 g/mol. The van der Waals surface area contributed by atoms with Crippen LogP contribution < -0.4 is 23.8 Å². The van der Waals surface area contributed by atoms with Crippen LogP contribution in [0.1, 0.15) is 24.1 Å². The van der Waals surface area contributed by atoms with Crippen molar-refractivity contribution in [2.75, 3.05) is 25.4 Å². The molecule has 2 N–H and O–H groups in total. The van der Waals surface area contributed by atoms with Gasteiger partial charge in [-0.05, 0) is 48.9 Å². The van der Waals surface area contributed by atoms with E-state index in [0.717, 1.165) is 0 Å². The third-order valence-corrected chi connectivity index (χ3v) is 6.72. The molecule has 0 radical (unpaired) electrons. The van der Waals surface area contributed by atoms with Crippen LogP contribution in [0.15, 0.2) is 54.1 Å². The lowest BCUT2D eigenvalue weighted by Gasteiger charge is -2.26. The first-order chi connectivity index (χ1) is 18.2. The van der Waals surface area contributed by atoms with Crippen LogP contribution in [-0.2, 0) is 9.59 Å². The molecule has 1 fully saturated rings. The Morgan fingerprint density at radius 2 is 1.76 bits per heavy atom. The molecule has 2 heterocycles. The Labute approximate surface area is 227 Å². The summed E-state index contributed by atoms with van der Waals surface area (Å²) in [5, 5.41) is 21.9. The molecule has 1 atom stereocenters. The molecule has 2 aliphatic heterocycles. The number of rotatable bonds is 6. The number of aliphatic hydroxyl groups is 1. The monoisotopic (exact) mass is 557 g/mol. The Kier molecular flexibility index (Phi) is 6.73. The molecule has 1 amide bonds. The highest BCUT2D eigenvalue weighted by atomic mass is 35.5. The third-order valence-electron chi connectivity index (χ3n) is 6.15.